The highest BCUT2D eigenvalue weighted by molar-refractivity contribution is 7.80. The standard InChI is InChI=1S/C11H13Cl2N3OS/c1-16(5-4-10(14)18)11(17)15-7-2-3-8(12)9(13)6-7/h2-3,6H,4-5H2,1H3,(H2,14,18)(H,15,17). The van der Waals surface area contributed by atoms with E-state index in [4.69, 9.17) is 41.2 Å². The Labute approximate surface area is 121 Å². The molecule has 2 amide bonds. The van der Waals surface area contributed by atoms with E-state index in [1.54, 1.807) is 25.2 Å². The van der Waals surface area contributed by atoms with Crippen molar-refractivity contribution in [2.45, 2.75) is 6.42 Å². The Morgan fingerprint density at radius 1 is 1.44 bits per heavy atom. The Balaban J connectivity index is 2.58. The van der Waals surface area contributed by atoms with Gasteiger partial charge in [0.2, 0.25) is 0 Å². The lowest BCUT2D eigenvalue weighted by Crippen LogP contribution is -2.33. The van der Waals surface area contributed by atoms with Gasteiger partial charge in [-0.2, -0.15) is 0 Å². The van der Waals surface area contributed by atoms with Crippen LogP contribution in [0.1, 0.15) is 6.42 Å². The quantitative estimate of drug-likeness (QED) is 0.840. The second-order valence-corrected chi connectivity index (χ2v) is 5.04. The molecule has 3 N–H and O–H groups in total. The normalized spacial score (nSPS) is 9.94. The minimum absolute atomic E-state index is 0.260. The lowest BCUT2D eigenvalue weighted by Gasteiger charge is -2.17. The highest BCUT2D eigenvalue weighted by Gasteiger charge is 2.09. The van der Waals surface area contributed by atoms with E-state index < -0.39 is 0 Å². The van der Waals surface area contributed by atoms with Crippen molar-refractivity contribution in [2.75, 3.05) is 18.9 Å². The number of benzene rings is 1. The molecule has 0 radical (unpaired) electrons. The fourth-order valence-electron chi connectivity index (χ4n) is 1.17. The van der Waals surface area contributed by atoms with Gasteiger partial charge < -0.3 is 16.0 Å². The minimum atomic E-state index is -0.260. The SMILES string of the molecule is CN(CCC(N)=S)C(=O)Nc1ccc(Cl)c(Cl)c1. The Kier molecular flexibility index (Phi) is 5.65. The summed E-state index contributed by atoms with van der Waals surface area (Å²) in [6.45, 7) is 0.461. The van der Waals surface area contributed by atoms with Gasteiger partial charge in [-0.05, 0) is 18.2 Å². The van der Waals surface area contributed by atoms with Crippen molar-refractivity contribution in [2.24, 2.45) is 5.73 Å². The van der Waals surface area contributed by atoms with E-state index in [-0.39, 0.29) is 6.03 Å². The van der Waals surface area contributed by atoms with Crippen molar-refractivity contribution in [3.05, 3.63) is 28.2 Å². The molecule has 1 aromatic carbocycles. The summed E-state index contributed by atoms with van der Waals surface area (Å²) in [7, 11) is 1.66. The number of urea groups is 1. The molecule has 0 saturated carbocycles. The zero-order valence-corrected chi connectivity index (χ0v) is 12.1. The van der Waals surface area contributed by atoms with Crippen LogP contribution < -0.4 is 11.1 Å². The highest BCUT2D eigenvalue weighted by Crippen LogP contribution is 2.25. The third-order valence-corrected chi connectivity index (χ3v) is 3.15. The van der Waals surface area contributed by atoms with Gasteiger partial charge in [-0.15, -0.1) is 0 Å². The first-order valence-electron chi connectivity index (χ1n) is 5.15. The number of hydrogen-bond acceptors (Lipinski definition) is 2. The fraction of sp³-hybridized carbons (Fsp3) is 0.273. The van der Waals surface area contributed by atoms with E-state index in [9.17, 15) is 4.79 Å². The molecule has 1 rings (SSSR count). The van der Waals surface area contributed by atoms with E-state index in [1.165, 1.54) is 4.90 Å². The average Bonchev–Trinajstić information content (AvgIpc) is 2.30. The number of nitrogens with two attached hydrogens (primary N) is 1. The number of thiocarbonyl (C=S) groups is 1. The summed E-state index contributed by atoms with van der Waals surface area (Å²) < 4.78 is 0. The number of nitrogens with one attached hydrogen (secondary N) is 1. The monoisotopic (exact) mass is 305 g/mol. The largest absolute Gasteiger partial charge is 0.393 e. The number of rotatable bonds is 4. The summed E-state index contributed by atoms with van der Waals surface area (Å²) >= 11 is 16.4. The number of carbonyl (C=O) groups excluding carboxylic acids is 1. The molecule has 4 nitrogen and oxygen atoms in total. The number of hydrogen-bond donors (Lipinski definition) is 2. The first-order valence-corrected chi connectivity index (χ1v) is 6.32. The van der Waals surface area contributed by atoms with Gasteiger partial charge in [0.1, 0.15) is 0 Å². The smallest absolute Gasteiger partial charge is 0.321 e. The number of amides is 2. The van der Waals surface area contributed by atoms with Crippen LogP contribution in [0.2, 0.25) is 10.0 Å². The van der Waals surface area contributed by atoms with E-state index >= 15 is 0 Å². The third-order valence-electron chi connectivity index (χ3n) is 2.21. The molecule has 98 valence electrons. The molecule has 0 atom stereocenters. The average molecular weight is 306 g/mol. The number of anilines is 1. The van der Waals surface area contributed by atoms with Crippen LogP contribution in [0.4, 0.5) is 10.5 Å². The molecule has 18 heavy (non-hydrogen) atoms. The van der Waals surface area contributed by atoms with Crippen molar-refractivity contribution >= 4 is 52.1 Å². The molecule has 0 spiro atoms. The zero-order valence-electron chi connectivity index (χ0n) is 9.74. The number of carbonyl (C=O) groups is 1. The summed E-state index contributed by atoms with van der Waals surface area (Å²) in [4.78, 5) is 13.6. The van der Waals surface area contributed by atoms with E-state index in [0.717, 1.165) is 0 Å². The van der Waals surface area contributed by atoms with Crippen LogP contribution in [0, 0.1) is 0 Å². The van der Waals surface area contributed by atoms with Crippen LogP contribution in [0.15, 0.2) is 18.2 Å². The topological polar surface area (TPSA) is 58.4 Å². The van der Waals surface area contributed by atoms with Crippen molar-refractivity contribution < 1.29 is 4.79 Å². The van der Waals surface area contributed by atoms with Gasteiger partial charge in [0, 0.05) is 25.7 Å². The van der Waals surface area contributed by atoms with E-state index in [1.807, 2.05) is 0 Å². The molecule has 0 unspecified atom stereocenters. The van der Waals surface area contributed by atoms with Crippen molar-refractivity contribution in [3.63, 3.8) is 0 Å². The second kappa shape index (κ2) is 6.78. The lowest BCUT2D eigenvalue weighted by atomic mass is 10.3. The Morgan fingerprint density at radius 3 is 2.67 bits per heavy atom. The minimum Gasteiger partial charge on any atom is -0.393 e. The number of halogens is 2. The second-order valence-electron chi connectivity index (χ2n) is 3.70. The molecule has 0 bridgehead atoms. The van der Waals surface area contributed by atoms with E-state index in [2.05, 4.69) is 5.32 Å². The van der Waals surface area contributed by atoms with Gasteiger partial charge in [0.25, 0.3) is 0 Å². The molecule has 0 aromatic heterocycles. The van der Waals surface area contributed by atoms with E-state index in [0.29, 0.717) is 33.7 Å². The first kappa shape index (κ1) is 15.0. The zero-order chi connectivity index (χ0) is 13.7. The van der Waals surface area contributed by atoms with Gasteiger partial charge in [-0.1, -0.05) is 35.4 Å². The third kappa shape index (κ3) is 4.68. The molecule has 0 fully saturated rings. The molecule has 0 heterocycles. The molecule has 0 saturated heterocycles. The number of nitrogens with zero attached hydrogens (tertiary/aromatic N) is 1. The molecule has 0 aliphatic heterocycles. The molecular weight excluding hydrogens is 293 g/mol. The van der Waals surface area contributed by atoms with Gasteiger partial charge >= 0.3 is 6.03 Å². The van der Waals surface area contributed by atoms with Crippen LogP contribution in [0.25, 0.3) is 0 Å². The molecule has 0 aliphatic rings. The Morgan fingerprint density at radius 2 is 2.11 bits per heavy atom. The van der Waals surface area contributed by atoms with Crippen LogP contribution in [-0.4, -0.2) is 29.5 Å². The Hall–Kier alpha value is -1.04. The lowest BCUT2D eigenvalue weighted by molar-refractivity contribution is 0.223. The van der Waals surface area contributed by atoms with Gasteiger partial charge in [0.05, 0.1) is 15.0 Å². The van der Waals surface area contributed by atoms with Gasteiger partial charge in [0.15, 0.2) is 0 Å². The highest BCUT2D eigenvalue weighted by atomic mass is 35.5. The molecule has 0 aliphatic carbocycles. The first-order chi connectivity index (χ1) is 8.40. The Bertz CT molecular complexity index is 468. The van der Waals surface area contributed by atoms with Gasteiger partial charge in [-0.3, -0.25) is 0 Å². The predicted octanol–water partition coefficient (Wildman–Crippen LogP) is 3.13. The molecule has 1 aromatic rings. The van der Waals surface area contributed by atoms with Crippen LogP contribution in [0.3, 0.4) is 0 Å². The van der Waals surface area contributed by atoms with Crippen LogP contribution in [0.5, 0.6) is 0 Å². The van der Waals surface area contributed by atoms with Crippen LogP contribution >= 0.6 is 35.4 Å². The van der Waals surface area contributed by atoms with Crippen molar-refractivity contribution in [1.29, 1.82) is 0 Å². The molecule has 7 heteroatoms. The summed E-state index contributed by atoms with van der Waals surface area (Å²) in [5.74, 6) is 0. The summed E-state index contributed by atoms with van der Waals surface area (Å²) in [6.07, 6.45) is 0.487. The fourth-order valence-corrected chi connectivity index (χ4v) is 1.56. The van der Waals surface area contributed by atoms with Crippen molar-refractivity contribution in [3.8, 4) is 0 Å². The maximum Gasteiger partial charge on any atom is 0.321 e. The molecular formula is C11H13Cl2N3OS. The van der Waals surface area contributed by atoms with Crippen molar-refractivity contribution in [1.82, 2.24) is 4.90 Å². The maximum atomic E-state index is 11.8. The van der Waals surface area contributed by atoms with Gasteiger partial charge in [-0.25, -0.2) is 4.79 Å². The predicted molar refractivity (Wildman–Crippen MR) is 79.5 cm³/mol. The summed E-state index contributed by atoms with van der Waals surface area (Å²) in [5.41, 5.74) is 5.95. The summed E-state index contributed by atoms with van der Waals surface area (Å²) in [5, 5.41) is 3.52. The van der Waals surface area contributed by atoms with Crippen LogP contribution in [-0.2, 0) is 0 Å². The summed E-state index contributed by atoms with van der Waals surface area (Å²) in [6, 6.07) is 4.62. The maximum absolute atomic E-state index is 11.8.